The fourth-order valence-electron chi connectivity index (χ4n) is 1.40. The molecule has 1 heterocycles. The molecule has 0 aliphatic carbocycles. The summed E-state index contributed by atoms with van der Waals surface area (Å²) in [5.41, 5.74) is 2.63. The van der Waals surface area contributed by atoms with E-state index in [9.17, 15) is 0 Å². The van der Waals surface area contributed by atoms with Crippen LogP contribution in [-0.4, -0.2) is 0 Å². The highest BCUT2D eigenvalue weighted by molar-refractivity contribution is 5.32. The summed E-state index contributed by atoms with van der Waals surface area (Å²) in [7, 11) is 0. The van der Waals surface area contributed by atoms with E-state index in [1.807, 2.05) is 6.26 Å². The van der Waals surface area contributed by atoms with Crippen molar-refractivity contribution in [3.63, 3.8) is 0 Å². The van der Waals surface area contributed by atoms with Gasteiger partial charge in [-0.3, -0.25) is 0 Å². The lowest BCUT2D eigenvalue weighted by atomic mass is 10.0. The van der Waals surface area contributed by atoms with Crippen molar-refractivity contribution in [2.24, 2.45) is 0 Å². The molecule has 0 saturated carbocycles. The quantitative estimate of drug-likeness (QED) is 0.666. The van der Waals surface area contributed by atoms with Gasteiger partial charge in [0.15, 0.2) is 0 Å². The summed E-state index contributed by atoms with van der Waals surface area (Å²) in [6, 6.07) is 0. The Kier molecular flexibility index (Phi) is 2.96. The van der Waals surface area contributed by atoms with E-state index < -0.39 is 0 Å². The monoisotopic (exact) mass is 165 g/mol. The highest BCUT2D eigenvalue weighted by atomic mass is 16.3. The van der Waals surface area contributed by atoms with Gasteiger partial charge in [0.2, 0.25) is 0 Å². The Balaban J connectivity index is 2.88. The summed E-state index contributed by atoms with van der Waals surface area (Å²) in [6.45, 7) is 8.62. The smallest absolute Gasteiger partial charge is 0.110 e. The van der Waals surface area contributed by atoms with Crippen LogP contribution in [0.3, 0.4) is 0 Å². The molecule has 0 aliphatic heterocycles. The molecule has 0 amide bonds. The molecule has 0 N–H and O–H groups in total. The molecule has 67 valence electrons. The summed E-state index contributed by atoms with van der Waals surface area (Å²) in [4.78, 5) is 0. The van der Waals surface area contributed by atoms with Gasteiger partial charge in [0, 0.05) is 6.42 Å². The van der Waals surface area contributed by atoms with Crippen LogP contribution in [-0.2, 0) is 0 Å². The number of hydrogen-bond donors (Lipinski definition) is 0. The van der Waals surface area contributed by atoms with Crippen LogP contribution < -0.4 is 0 Å². The zero-order valence-electron chi connectivity index (χ0n) is 8.35. The standard InChI is InChI=1S/C11H17O/c1-5-6-11-9(4)10(7-12-11)8(2)3/h6-8H,5H2,1-4H3. The lowest BCUT2D eigenvalue weighted by Gasteiger charge is -2.01. The molecule has 0 bridgehead atoms. The molecule has 0 fully saturated rings. The molecule has 0 unspecified atom stereocenters. The van der Waals surface area contributed by atoms with Gasteiger partial charge >= 0.3 is 0 Å². The van der Waals surface area contributed by atoms with E-state index >= 15 is 0 Å². The van der Waals surface area contributed by atoms with E-state index in [0.717, 1.165) is 12.2 Å². The van der Waals surface area contributed by atoms with Gasteiger partial charge in [-0.25, -0.2) is 0 Å². The largest absolute Gasteiger partial charge is 0.468 e. The van der Waals surface area contributed by atoms with Crippen molar-refractivity contribution in [1.82, 2.24) is 0 Å². The van der Waals surface area contributed by atoms with E-state index in [1.54, 1.807) is 0 Å². The first-order chi connectivity index (χ1) is 5.66. The Bertz CT molecular complexity index is 246. The summed E-state index contributed by atoms with van der Waals surface area (Å²) < 4.78 is 5.44. The lowest BCUT2D eigenvalue weighted by molar-refractivity contribution is 0.531. The van der Waals surface area contributed by atoms with Gasteiger partial charge in [0.25, 0.3) is 0 Å². The highest BCUT2D eigenvalue weighted by Gasteiger charge is 2.10. The number of rotatable bonds is 3. The van der Waals surface area contributed by atoms with Crippen molar-refractivity contribution >= 4 is 0 Å². The highest BCUT2D eigenvalue weighted by Crippen LogP contribution is 2.25. The van der Waals surface area contributed by atoms with Crippen LogP contribution in [0.5, 0.6) is 0 Å². The summed E-state index contributed by atoms with van der Waals surface area (Å²) >= 11 is 0. The molecule has 1 nitrogen and oxygen atoms in total. The third kappa shape index (κ3) is 1.71. The van der Waals surface area contributed by atoms with E-state index in [4.69, 9.17) is 4.42 Å². The molecule has 1 aromatic rings. The Morgan fingerprint density at radius 2 is 2.17 bits per heavy atom. The normalized spacial score (nSPS) is 11.1. The van der Waals surface area contributed by atoms with Crippen molar-refractivity contribution in [2.75, 3.05) is 0 Å². The SMILES string of the molecule is CC[CH]c1occ(C(C)C)c1C. The fraction of sp³-hybridized carbons (Fsp3) is 0.545. The van der Waals surface area contributed by atoms with Crippen LogP contribution in [0.15, 0.2) is 10.7 Å². The molecule has 1 heteroatoms. The lowest BCUT2D eigenvalue weighted by Crippen LogP contribution is -1.88. The van der Waals surface area contributed by atoms with Crippen LogP contribution in [0.4, 0.5) is 0 Å². The second-order valence-electron chi connectivity index (χ2n) is 3.45. The minimum atomic E-state index is 0.563. The minimum Gasteiger partial charge on any atom is -0.468 e. The van der Waals surface area contributed by atoms with Gasteiger partial charge in [-0.15, -0.1) is 0 Å². The zero-order valence-corrected chi connectivity index (χ0v) is 8.35. The van der Waals surface area contributed by atoms with Crippen LogP contribution in [0.2, 0.25) is 0 Å². The van der Waals surface area contributed by atoms with Crippen molar-refractivity contribution in [2.45, 2.75) is 40.0 Å². The van der Waals surface area contributed by atoms with Crippen molar-refractivity contribution in [3.05, 3.63) is 29.6 Å². The molecule has 12 heavy (non-hydrogen) atoms. The Morgan fingerprint density at radius 1 is 1.50 bits per heavy atom. The molecule has 1 radical (unpaired) electrons. The average Bonchev–Trinajstić information content (AvgIpc) is 2.34. The van der Waals surface area contributed by atoms with Crippen LogP contribution in [0.1, 0.15) is 50.0 Å². The molecular formula is C11H17O. The van der Waals surface area contributed by atoms with Gasteiger partial charge in [0.1, 0.15) is 5.76 Å². The maximum absolute atomic E-state index is 5.44. The van der Waals surface area contributed by atoms with Gasteiger partial charge in [-0.05, 0) is 30.4 Å². The van der Waals surface area contributed by atoms with E-state index in [0.29, 0.717) is 5.92 Å². The first-order valence-electron chi connectivity index (χ1n) is 4.58. The molecule has 0 saturated heterocycles. The number of furan rings is 1. The van der Waals surface area contributed by atoms with Crippen molar-refractivity contribution in [3.8, 4) is 0 Å². The van der Waals surface area contributed by atoms with Gasteiger partial charge < -0.3 is 4.42 Å². The zero-order chi connectivity index (χ0) is 9.14. The first-order valence-corrected chi connectivity index (χ1v) is 4.58. The molecule has 0 aromatic carbocycles. The molecule has 0 aliphatic rings. The van der Waals surface area contributed by atoms with Crippen LogP contribution in [0, 0.1) is 13.3 Å². The second-order valence-corrected chi connectivity index (χ2v) is 3.45. The molecule has 1 rings (SSSR count). The first kappa shape index (κ1) is 9.37. The van der Waals surface area contributed by atoms with E-state index in [2.05, 4.69) is 34.1 Å². The third-order valence-corrected chi connectivity index (χ3v) is 2.13. The Morgan fingerprint density at radius 3 is 2.58 bits per heavy atom. The van der Waals surface area contributed by atoms with Crippen molar-refractivity contribution in [1.29, 1.82) is 0 Å². The second kappa shape index (κ2) is 3.79. The minimum absolute atomic E-state index is 0.563. The molecule has 0 atom stereocenters. The van der Waals surface area contributed by atoms with Crippen molar-refractivity contribution < 1.29 is 4.42 Å². The Labute approximate surface area is 74.8 Å². The molecule has 1 aromatic heterocycles. The van der Waals surface area contributed by atoms with E-state index in [-0.39, 0.29) is 0 Å². The maximum Gasteiger partial charge on any atom is 0.110 e. The van der Waals surface area contributed by atoms with Crippen LogP contribution in [0.25, 0.3) is 0 Å². The van der Waals surface area contributed by atoms with Gasteiger partial charge in [0.05, 0.1) is 6.26 Å². The van der Waals surface area contributed by atoms with E-state index in [1.165, 1.54) is 11.1 Å². The van der Waals surface area contributed by atoms with Gasteiger partial charge in [-0.1, -0.05) is 20.8 Å². The topological polar surface area (TPSA) is 13.1 Å². The maximum atomic E-state index is 5.44. The van der Waals surface area contributed by atoms with Gasteiger partial charge in [-0.2, -0.15) is 0 Å². The number of hydrogen-bond acceptors (Lipinski definition) is 1. The molecule has 0 spiro atoms. The van der Waals surface area contributed by atoms with Crippen LogP contribution >= 0.6 is 0 Å². The summed E-state index contributed by atoms with van der Waals surface area (Å²) in [5, 5.41) is 0. The predicted octanol–water partition coefficient (Wildman–Crippen LogP) is 3.67. The Hall–Kier alpha value is -0.720. The predicted molar refractivity (Wildman–Crippen MR) is 51.2 cm³/mol. The third-order valence-electron chi connectivity index (χ3n) is 2.13. The fourth-order valence-corrected chi connectivity index (χ4v) is 1.40. The average molecular weight is 165 g/mol. The summed E-state index contributed by atoms with van der Waals surface area (Å²) in [5.74, 6) is 1.61. The summed E-state index contributed by atoms with van der Waals surface area (Å²) in [6.07, 6.45) is 5.04. The molecular weight excluding hydrogens is 148 g/mol.